The van der Waals surface area contributed by atoms with Crippen molar-refractivity contribution in [3.8, 4) is 11.3 Å². The van der Waals surface area contributed by atoms with Gasteiger partial charge >= 0.3 is 0 Å². The molecule has 1 fully saturated rings. The van der Waals surface area contributed by atoms with Crippen molar-refractivity contribution in [2.24, 2.45) is 0 Å². The number of thiazole rings is 1. The maximum absolute atomic E-state index is 4.91. The molecule has 19 heavy (non-hydrogen) atoms. The Labute approximate surface area is 117 Å². The number of fused-ring (bicyclic) bond motifs is 3. The molecule has 1 saturated carbocycles. The first-order valence-corrected chi connectivity index (χ1v) is 8.02. The van der Waals surface area contributed by atoms with Crippen LogP contribution in [-0.4, -0.2) is 11.0 Å². The largest absolute Gasteiger partial charge is 0.308 e. The van der Waals surface area contributed by atoms with Crippen LogP contribution in [0.4, 0.5) is 0 Å². The summed E-state index contributed by atoms with van der Waals surface area (Å²) in [6, 6.07) is 9.53. The van der Waals surface area contributed by atoms with Crippen molar-refractivity contribution in [2.45, 2.75) is 44.7 Å². The van der Waals surface area contributed by atoms with Gasteiger partial charge in [-0.2, -0.15) is 0 Å². The van der Waals surface area contributed by atoms with Crippen molar-refractivity contribution in [2.75, 3.05) is 0 Å². The minimum atomic E-state index is 0.760. The summed E-state index contributed by atoms with van der Waals surface area (Å²) in [5.41, 5.74) is 4.09. The third-order valence-corrected chi connectivity index (χ3v) is 5.10. The Balaban J connectivity index is 1.68. The summed E-state index contributed by atoms with van der Waals surface area (Å²) in [5.74, 6) is 0. The fourth-order valence-corrected chi connectivity index (χ4v) is 3.86. The molecule has 1 aromatic carbocycles. The predicted molar refractivity (Wildman–Crippen MR) is 79.4 cm³/mol. The van der Waals surface area contributed by atoms with Crippen LogP contribution in [-0.2, 0) is 19.4 Å². The summed E-state index contributed by atoms with van der Waals surface area (Å²) in [6.45, 7) is 0.949. The SMILES string of the molecule is c1ccc2c(c1)CCCc1sc(CNC3CC3)nc1-2. The molecule has 1 aromatic heterocycles. The Morgan fingerprint density at radius 3 is 3.00 bits per heavy atom. The fraction of sp³-hybridized carbons (Fsp3) is 0.438. The van der Waals surface area contributed by atoms with Crippen LogP contribution in [0.5, 0.6) is 0 Å². The van der Waals surface area contributed by atoms with Crippen LogP contribution in [0.1, 0.15) is 34.7 Å². The van der Waals surface area contributed by atoms with Gasteiger partial charge in [-0.25, -0.2) is 4.98 Å². The van der Waals surface area contributed by atoms with Gasteiger partial charge in [-0.15, -0.1) is 11.3 Å². The lowest BCUT2D eigenvalue weighted by molar-refractivity contribution is 0.685. The Morgan fingerprint density at radius 2 is 2.11 bits per heavy atom. The molecule has 0 atom stereocenters. The molecule has 0 amide bonds. The second-order valence-corrected chi connectivity index (χ2v) is 6.71. The first-order chi connectivity index (χ1) is 9.40. The van der Waals surface area contributed by atoms with Crippen molar-refractivity contribution >= 4 is 11.3 Å². The van der Waals surface area contributed by atoms with E-state index < -0.39 is 0 Å². The lowest BCUT2D eigenvalue weighted by Crippen LogP contribution is -2.14. The van der Waals surface area contributed by atoms with Crippen LogP contribution in [0.3, 0.4) is 0 Å². The number of aryl methyl sites for hydroxylation is 2. The summed E-state index contributed by atoms with van der Waals surface area (Å²) in [6.07, 6.45) is 6.31. The Morgan fingerprint density at radius 1 is 1.21 bits per heavy atom. The number of nitrogens with one attached hydrogen (secondary N) is 1. The van der Waals surface area contributed by atoms with Crippen LogP contribution < -0.4 is 5.32 Å². The van der Waals surface area contributed by atoms with Crippen LogP contribution in [0.2, 0.25) is 0 Å². The molecular formula is C16H18N2S. The molecule has 0 bridgehead atoms. The zero-order valence-electron chi connectivity index (χ0n) is 11.0. The van der Waals surface area contributed by atoms with Crippen LogP contribution in [0, 0.1) is 0 Å². The van der Waals surface area contributed by atoms with E-state index in [0.717, 1.165) is 12.6 Å². The molecule has 2 aliphatic rings. The van der Waals surface area contributed by atoms with Crippen LogP contribution in [0.15, 0.2) is 24.3 Å². The summed E-state index contributed by atoms with van der Waals surface area (Å²) < 4.78 is 0. The monoisotopic (exact) mass is 270 g/mol. The second kappa shape index (κ2) is 4.73. The summed E-state index contributed by atoms with van der Waals surface area (Å²) in [7, 11) is 0. The third kappa shape index (κ3) is 2.33. The predicted octanol–water partition coefficient (Wildman–Crippen LogP) is 3.55. The van der Waals surface area contributed by atoms with Crippen molar-refractivity contribution in [1.29, 1.82) is 0 Å². The lowest BCUT2D eigenvalue weighted by atomic mass is 10.0. The van der Waals surface area contributed by atoms with E-state index >= 15 is 0 Å². The highest BCUT2D eigenvalue weighted by Crippen LogP contribution is 2.35. The van der Waals surface area contributed by atoms with Gasteiger partial charge in [-0.05, 0) is 37.7 Å². The number of benzene rings is 1. The molecule has 0 saturated heterocycles. The van der Waals surface area contributed by atoms with Gasteiger partial charge in [0, 0.05) is 23.0 Å². The zero-order chi connectivity index (χ0) is 12.7. The molecule has 0 radical (unpaired) electrons. The topological polar surface area (TPSA) is 24.9 Å². The number of hydrogen-bond donors (Lipinski definition) is 1. The summed E-state index contributed by atoms with van der Waals surface area (Å²) in [5, 5.41) is 4.83. The Hall–Kier alpha value is -1.19. The van der Waals surface area contributed by atoms with Gasteiger partial charge in [0.15, 0.2) is 0 Å². The highest BCUT2D eigenvalue weighted by molar-refractivity contribution is 7.12. The molecule has 2 nitrogen and oxygen atoms in total. The molecule has 0 spiro atoms. The Bertz CT molecular complexity index is 599. The molecule has 4 rings (SSSR count). The molecule has 3 heteroatoms. The van der Waals surface area contributed by atoms with Crippen molar-refractivity contribution < 1.29 is 0 Å². The highest BCUT2D eigenvalue weighted by Gasteiger charge is 2.22. The number of aromatic nitrogens is 1. The highest BCUT2D eigenvalue weighted by atomic mass is 32.1. The van der Waals surface area contributed by atoms with Crippen LogP contribution >= 0.6 is 11.3 Å². The fourth-order valence-electron chi connectivity index (χ4n) is 2.78. The zero-order valence-corrected chi connectivity index (χ0v) is 11.8. The first-order valence-electron chi connectivity index (χ1n) is 7.20. The smallest absolute Gasteiger partial charge is 0.107 e. The van der Waals surface area contributed by atoms with Crippen molar-refractivity contribution in [3.63, 3.8) is 0 Å². The van der Waals surface area contributed by atoms with Gasteiger partial charge in [-0.3, -0.25) is 0 Å². The quantitative estimate of drug-likeness (QED) is 0.922. The van der Waals surface area contributed by atoms with E-state index in [2.05, 4.69) is 29.6 Å². The van der Waals surface area contributed by atoms with E-state index in [1.54, 1.807) is 0 Å². The van der Waals surface area contributed by atoms with Gasteiger partial charge < -0.3 is 5.32 Å². The molecular weight excluding hydrogens is 252 g/mol. The van der Waals surface area contributed by atoms with Gasteiger partial charge in [0.25, 0.3) is 0 Å². The molecule has 2 aromatic rings. The molecule has 1 N–H and O–H groups in total. The minimum absolute atomic E-state index is 0.760. The van der Waals surface area contributed by atoms with Crippen LogP contribution in [0.25, 0.3) is 11.3 Å². The van der Waals surface area contributed by atoms with Gasteiger partial charge in [0.1, 0.15) is 5.01 Å². The first kappa shape index (κ1) is 11.6. The van der Waals surface area contributed by atoms with E-state index in [0.29, 0.717) is 0 Å². The molecule has 98 valence electrons. The standard InChI is InChI=1S/C16H18N2S/c1-2-6-13-11(4-1)5-3-7-14-16(13)18-15(19-14)10-17-12-8-9-12/h1-2,4,6,12,17H,3,5,7-10H2. The second-order valence-electron chi connectivity index (χ2n) is 5.55. The van der Waals surface area contributed by atoms with E-state index in [4.69, 9.17) is 4.98 Å². The lowest BCUT2D eigenvalue weighted by Gasteiger charge is -2.04. The van der Waals surface area contributed by atoms with Crippen molar-refractivity contribution in [1.82, 2.24) is 10.3 Å². The van der Waals surface area contributed by atoms with Gasteiger partial charge in [0.05, 0.1) is 5.69 Å². The number of rotatable bonds is 3. The average Bonchev–Trinajstić information content (AvgIpc) is 3.20. The summed E-state index contributed by atoms with van der Waals surface area (Å²) in [4.78, 5) is 6.39. The normalized spacial score (nSPS) is 17.7. The van der Waals surface area contributed by atoms with E-state index in [9.17, 15) is 0 Å². The van der Waals surface area contributed by atoms with Crippen molar-refractivity contribution in [3.05, 3.63) is 39.7 Å². The maximum Gasteiger partial charge on any atom is 0.107 e. The van der Waals surface area contributed by atoms with E-state index in [1.165, 1.54) is 58.8 Å². The van der Waals surface area contributed by atoms with Gasteiger partial charge in [0.2, 0.25) is 0 Å². The average molecular weight is 270 g/mol. The maximum atomic E-state index is 4.91. The molecule has 1 heterocycles. The van der Waals surface area contributed by atoms with E-state index in [-0.39, 0.29) is 0 Å². The summed E-state index contributed by atoms with van der Waals surface area (Å²) >= 11 is 1.91. The van der Waals surface area contributed by atoms with E-state index in [1.807, 2.05) is 11.3 Å². The molecule has 0 unspecified atom stereocenters. The molecule has 0 aliphatic heterocycles. The third-order valence-electron chi connectivity index (χ3n) is 3.98. The Kier molecular flexibility index (Phi) is 2.89. The number of nitrogens with zero attached hydrogens (tertiary/aromatic N) is 1. The van der Waals surface area contributed by atoms with Gasteiger partial charge in [-0.1, -0.05) is 24.3 Å². The molecule has 2 aliphatic carbocycles. The minimum Gasteiger partial charge on any atom is -0.308 e. The number of hydrogen-bond acceptors (Lipinski definition) is 3.